The van der Waals surface area contributed by atoms with E-state index >= 15 is 0 Å². The van der Waals surface area contributed by atoms with Crippen molar-refractivity contribution in [1.82, 2.24) is 20.3 Å². The second-order valence-electron chi connectivity index (χ2n) is 5.84. The summed E-state index contributed by atoms with van der Waals surface area (Å²) in [4.78, 5) is 39.3. The fourth-order valence-corrected chi connectivity index (χ4v) is 2.81. The maximum absolute atomic E-state index is 12.7. The quantitative estimate of drug-likeness (QED) is 0.866. The first-order chi connectivity index (χ1) is 12.1. The van der Waals surface area contributed by atoms with Gasteiger partial charge in [-0.15, -0.1) is 0 Å². The number of anilines is 2. The molecular formula is C17H20N6O2. The first kappa shape index (κ1) is 16.8. The number of nitrogens with one attached hydrogen (secondary N) is 2. The Balaban J connectivity index is 1.75. The number of carbonyl (C=O) groups is 2. The van der Waals surface area contributed by atoms with Crippen LogP contribution in [0, 0.1) is 6.92 Å². The van der Waals surface area contributed by atoms with Gasteiger partial charge in [-0.1, -0.05) is 0 Å². The summed E-state index contributed by atoms with van der Waals surface area (Å²) in [5.41, 5.74) is 1.65. The van der Waals surface area contributed by atoms with Crippen LogP contribution in [0.25, 0.3) is 0 Å². The summed E-state index contributed by atoms with van der Waals surface area (Å²) in [7, 11) is 1.69. The van der Waals surface area contributed by atoms with E-state index in [0.717, 1.165) is 12.1 Å². The minimum absolute atomic E-state index is 0.132. The van der Waals surface area contributed by atoms with E-state index in [0.29, 0.717) is 24.6 Å². The van der Waals surface area contributed by atoms with E-state index in [1.54, 1.807) is 43.4 Å². The molecule has 2 amide bonds. The van der Waals surface area contributed by atoms with Gasteiger partial charge in [-0.3, -0.25) is 14.6 Å². The fraction of sp³-hybridized carbons (Fsp3) is 0.353. The first-order valence-electron chi connectivity index (χ1n) is 8.14. The van der Waals surface area contributed by atoms with Gasteiger partial charge in [-0.05, 0) is 38.0 Å². The molecule has 8 nitrogen and oxygen atoms in total. The van der Waals surface area contributed by atoms with Gasteiger partial charge >= 0.3 is 0 Å². The van der Waals surface area contributed by atoms with Crippen molar-refractivity contribution in [2.75, 3.05) is 23.8 Å². The lowest BCUT2D eigenvalue weighted by Crippen LogP contribution is -2.52. The van der Waals surface area contributed by atoms with E-state index in [9.17, 15) is 9.59 Å². The van der Waals surface area contributed by atoms with Crippen molar-refractivity contribution in [2.45, 2.75) is 25.8 Å². The minimum atomic E-state index is -0.574. The first-order valence-corrected chi connectivity index (χ1v) is 8.14. The molecule has 2 N–H and O–H groups in total. The monoisotopic (exact) mass is 340 g/mol. The Bertz CT molecular complexity index is 780. The van der Waals surface area contributed by atoms with E-state index in [1.807, 2.05) is 6.07 Å². The summed E-state index contributed by atoms with van der Waals surface area (Å²) >= 11 is 0. The van der Waals surface area contributed by atoms with Crippen LogP contribution in [-0.2, 0) is 4.79 Å². The number of rotatable bonds is 4. The van der Waals surface area contributed by atoms with Gasteiger partial charge in [-0.25, -0.2) is 9.97 Å². The van der Waals surface area contributed by atoms with E-state index in [-0.39, 0.29) is 17.5 Å². The number of hydrogen-bond donors (Lipinski definition) is 2. The Labute approximate surface area is 145 Å². The molecule has 1 aliphatic heterocycles. The molecule has 0 spiro atoms. The maximum atomic E-state index is 12.7. The van der Waals surface area contributed by atoms with E-state index in [1.165, 1.54) is 0 Å². The van der Waals surface area contributed by atoms with Gasteiger partial charge in [0, 0.05) is 25.5 Å². The number of aryl methyl sites for hydroxylation is 1. The van der Waals surface area contributed by atoms with Gasteiger partial charge in [0.05, 0.1) is 11.9 Å². The number of nitrogens with zero attached hydrogens (tertiary/aromatic N) is 4. The van der Waals surface area contributed by atoms with Gasteiger partial charge in [0.15, 0.2) is 0 Å². The smallest absolute Gasteiger partial charge is 0.270 e. The second kappa shape index (κ2) is 7.25. The predicted molar refractivity (Wildman–Crippen MR) is 93.4 cm³/mol. The highest BCUT2D eigenvalue weighted by Crippen LogP contribution is 2.20. The number of piperidine rings is 1. The molecule has 0 bridgehead atoms. The van der Waals surface area contributed by atoms with Crippen LogP contribution < -0.4 is 15.5 Å². The molecule has 0 radical (unpaired) electrons. The standard InChI is InChI=1S/C17H20N6O2/c1-11-9-14(22-17(18-2)20-11)15(24)21-13-6-4-8-23(16(13)25)12-5-3-7-19-10-12/h3,5,7,9-10,13H,4,6,8H2,1-2H3,(H,21,24)(H,18,20,22)/t13-/m1/s1. The minimum Gasteiger partial charge on any atom is -0.357 e. The molecule has 3 heterocycles. The molecule has 0 saturated carbocycles. The largest absolute Gasteiger partial charge is 0.357 e. The van der Waals surface area contributed by atoms with E-state index < -0.39 is 6.04 Å². The van der Waals surface area contributed by atoms with Crippen LogP contribution in [-0.4, -0.2) is 46.4 Å². The number of hydrogen-bond acceptors (Lipinski definition) is 6. The Kier molecular flexibility index (Phi) is 4.87. The Morgan fingerprint density at radius 3 is 2.92 bits per heavy atom. The topological polar surface area (TPSA) is 100 Å². The zero-order valence-corrected chi connectivity index (χ0v) is 14.2. The molecule has 1 atom stereocenters. The average Bonchev–Trinajstić information content (AvgIpc) is 2.63. The molecule has 0 aromatic carbocycles. The van der Waals surface area contributed by atoms with Gasteiger partial charge in [0.1, 0.15) is 11.7 Å². The van der Waals surface area contributed by atoms with Gasteiger partial charge in [-0.2, -0.15) is 0 Å². The zero-order valence-electron chi connectivity index (χ0n) is 14.2. The summed E-state index contributed by atoms with van der Waals surface area (Å²) in [5, 5.41) is 5.61. The molecule has 130 valence electrons. The Morgan fingerprint density at radius 2 is 2.20 bits per heavy atom. The molecule has 2 aromatic heterocycles. The lowest BCUT2D eigenvalue weighted by molar-refractivity contribution is -0.121. The molecule has 0 aliphatic carbocycles. The Morgan fingerprint density at radius 1 is 1.36 bits per heavy atom. The van der Waals surface area contributed by atoms with E-state index in [4.69, 9.17) is 0 Å². The van der Waals surface area contributed by atoms with Crippen molar-refractivity contribution in [2.24, 2.45) is 0 Å². The fourth-order valence-electron chi connectivity index (χ4n) is 2.81. The third kappa shape index (κ3) is 3.73. The summed E-state index contributed by atoms with van der Waals surface area (Å²) in [6, 6.07) is 4.65. The van der Waals surface area contributed by atoms with Crippen molar-refractivity contribution in [3.8, 4) is 0 Å². The van der Waals surface area contributed by atoms with Crippen LogP contribution >= 0.6 is 0 Å². The highest BCUT2D eigenvalue weighted by Gasteiger charge is 2.31. The lowest BCUT2D eigenvalue weighted by Gasteiger charge is -2.32. The number of pyridine rings is 1. The Hall–Kier alpha value is -3.03. The molecule has 3 rings (SSSR count). The molecule has 1 aliphatic rings. The molecule has 8 heteroatoms. The van der Waals surface area contributed by atoms with Crippen molar-refractivity contribution < 1.29 is 9.59 Å². The van der Waals surface area contributed by atoms with Gasteiger partial charge in [0.25, 0.3) is 5.91 Å². The summed E-state index contributed by atoms with van der Waals surface area (Å²) in [6.45, 7) is 2.41. The van der Waals surface area contributed by atoms with Crippen molar-refractivity contribution >= 4 is 23.5 Å². The second-order valence-corrected chi connectivity index (χ2v) is 5.84. The highest BCUT2D eigenvalue weighted by atomic mass is 16.2. The molecule has 2 aromatic rings. The maximum Gasteiger partial charge on any atom is 0.270 e. The predicted octanol–water partition coefficient (Wildman–Crippen LogP) is 1.15. The normalized spacial score (nSPS) is 17.3. The van der Waals surface area contributed by atoms with Gasteiger partial charge in [0.2, 0.25) is 11.9 Å². The van der Waals surface area contributed by atoms with E-state index in [2.05, 4.69) is 25.6 Å². The highest BCUT2D eigenvalue weighted by molar-refractivity contribution is 6.02. The number of amides is 2. The van der Waals surface area contributed by atoms with Crippen molar-refractivity contribution in [3.05, 3.63) is 42.0 Å². The molecule has 25 heavy (non-hydrogen) atoms. The van der Waals surface area contributed by atoms with Crippen LogP contribution in [0.2, 0.25) is 0 Å². The molecule has 1 saturated heterocycles. The van der Waals surface area contributed by atoms with Crippen LogP contribution in [0.15, 0.2) is 30.6 Å². The molecule has 1 fully saturated rings. The number of carbonyl (C=O) groups excluding carboxylic acids is 2. The third-order valence-corrected chi connectivity index (χ3v) is 4.01. The summed E-state index contributed by atoms with van der Waals surface area (Å²) in [5.74, 6) is -0.141. The van der Waals surface area contributed by atoms with Crippen LogP contribution in [0.4, 0.5) is 11.6 Å². The van der Waals surface area contributed by atoms with Crippen LogP contribution in [0.3, 0.4) is 0 Å². The van der Waals surface area contributed by atoms with Gasteiger partial charge < -0.3 is 15.5 Å². The molecular weight excluding hydrogens is 320 g/mol. The number of aromatic nitrogens is 3. The van der Waals surface area contributed by atoms with Crippen molar-refractivity contribution in [1.29, 1.82) is 0 Å². The average molecular weight is 340 g/mol. The van der Waals surface area contributed by atoms with Crippen molar-refractivity contribution in [3.63, 3.8) is 0 Å². The van der Waals surface area contributed by atoms with Crippen LogP contribution in [0.1, 0.15) is 29.0 Å². The summed E-state index contributed by atoms with van der Waals surface area (Å²) in [6.07, 6.45) is 4.71. The lowest BCUT2D eigenvalue weighted by atomic mass is 10.0. The SMILES string of the molecule is CNc1nc(C)cc(C(=O)N[C@@H]2CCCN(c3cccnc3)C2=O)n1. The molecule has 0 unspecified atom stereocenters. The zero-order chi connectivity index (χ0) is 17.8. The van der Waals surface area contributed by atoms with Crippen LogP contribution in [0.5, 0.6) is 0 Å². The third-order valence-electron chi connectivity index (χ3n) is 4.01. The summed E-state index contributed by atoms with van der Waals surface area (Å²) < 4.78 is 0.